The molecule has 3 heterocycles. The van der Waals surface area contributed by atoms with Crippen LogP contribution in [0.25, 0.3) is 11.4 Å². The number of aliphatic hydroxyl groups is 1. The molecule has 0 aliphatic carbocycles. The molecule has 0 atom stereocenters. The summed E-state index contributed by atoms with van der Waals surface area (Å²) in [5.74, 6) is 4.55. The van der Waals surface area contributed by atoms with Crippen LogP contribution in [0.3, 0.4) is 0 Å². The van der Waals surface area contributed by atoms with Crippen LogP contribution in [0.1, 0.15) is 69.1 Å². The van der Waals surface area contributed by atoms with Crippen molar-refractivity contribution in [3.05, 3.63) is 78.0 Å². The summed E-state index contributed by atoms with van der Waals surface area (Å²) in [6.07, 6.45) is -1.23. The predicted octanol–water partition coefficient (Wildman–Crippen LogP) is 7.72. The number of hydrogen-bond donors (Lipinski definition) is 3. The van der Waals surface area contributed by atoms with Crippen molar-refractivity contribution in [2.24, 2.45) is 5.84 Å². The maximum Gasteiger partial charge on any atom is 0.390 e. The largest absolute Gasteiger partial charge is 0.412 e. The Morgan fingerprint density at radius 2 is 1.52 bits per heavy atom. The molecule has 3 aromatic heterocycles. The number of aromatic nitrogens is 4. The summed E-state index contributed by atoms with van der Waals surface area (Å²) >= 11 is 0. The first kappa shape index (κ1) is 48.4. The van der Waals surface area contributed by atoms with E-state index >= 15 is 0 Å². The molecule has 0 fully saturated rings. The van der Waals surface area contributed by atoms with Gasteiger partial charge in [-0.2, -0.15) is 31.4 Å². The Morgan fingerprint density at radius 3 is 2.00 bits per heavy atom. The number of pyridine rings is 2. The Labute approximate surface area is 304 Å². The summed E-state index contributed by atoms with van der Waals surface area (Å²) in [6.45, 7) is 14.7. The minimum Gasteiger partial charge on any atom is -0.412 e. The van der Waals surface area contributed by atoms with Crippen molar-refractivity contribution in [3.63, 3.8) is 0 Å². The molecular weight excluding hydrogens is 709 g/mol. The lowest BCUT2D eigenvalue weighted by molar-refractivity contribution is -0.137. The second-order valence-corrected chi connectivity index (χ2v) is 17.8. The van der Waals surface area contributed by atoms with Gasteiger partial charge >= 0.3 is 12.4 Å². The maximum atomic E-state index is 12.6. The molecule has 0 aliphatic rings. The van der Waals surface area contributed by atoms with E-state index in [0.717, 1.165) is 17.5 Å². The van der Waals surface area contributed by atoms with E-state index in [0.29, 0.717) is 23.7 Å². The van der Waals surface area contributed by atoms with Gasteiger partial charge in [-0.1, -0.05) is 39.8 Å². The number of hydrazine groups is 1. The summed E-state index contributed by atoms with van der Waals surface area (Å²) in [4.78, 5) is 22.1. The number of aliphatic hydroxyl groups excluding tert-OH is 1. The van der Waals surface area contributed by atoms with Gasteiger partial charge in [0.1, 0.15) is 5.69 Å². The lowest BCUT2D eigenvalue weighted by atomic mass is 10.1. The zero-order valence-electron chi connectivity index (χ0n) is 31.6. The van der Waals surface area contributed by atoms with E-state index in [1.165, 1.54) is 10.9 Å². The molecule has 0 amide bonds. The predicted molar refractivity (Wildman–Crippen MR) is 195 cm³/mol. The van der Waals surface area contributed by atoms with E-state index in [1.807, 2.05) is 55.6 Å². The molecule has 3 rings (SSSR count). The summed E-state index contributed by atoms with van der Waals surface area (Å²) < 4.78 is 78.7. The minimum absolute atomic E-state index is 0.0406. The van der Waals surface area contributed by atoms with Gasteiger partial charge < -0.3 is 14.4 Å². The Hall–Kier alpha value is -3.64. The number of aryl methyl sites for hydroxylation is 2. The fourth-order valence-corrected chi connectivity index (χ4v) is 4.61. The van der Waals surface area contributed by atoms with Crippen molar-refractivity contribution in [1.82, 2.24) is 30.1 Å². The van der Waals surface area contributed by atoms with E-state index in [1.54, 1.807) is 37.7 Å². The molecule has 10 nitrogen and oxygen atoms in total. The molecule has 4 N–H and O–H groups in total. The van der Waals surface area contributed by atoms with Crippen LogP contribution in [-0.4, -0.2) is 83.5 Å². The molecule has 294 valence electrons. The number of ketones is 1. The number of carbonyl (C=O) groups excluding carboxylic acids is 1. The molecular formula is C35H55F6N7O3Si. The van der Waals surface area contributed by atoms with Crippen LogP contribution in [0.15, 0.2) is 61.2 Å². The zero-order chi connectivity index (χ0) is 40.2. The Balaban J connectivity index is 0.000000838. The van der Waals surface area contributed by atoms with Gasteiger partial charge in [0.15, 0.2) is 8.32 Å². The van der Waals surface area contributed by atoms with Gasteiger partial charge in [-0.25, -0.2) is 0 Å². The molecule has 0 saturated carbocycles. The van der Waals surface area contributed by atoms with Gasteiger partial charge in [-0.05, 0) is 55.2 Å². The number of hydrogen-bond acceptors (Lipinski definition) is 9. The minimum atomic E-state index is -4.22. The second kappa shape index (κ2) is 23.1. The molecule has 0 aliphatic heterocycles. The summed E-state index contributed by atoms with van der Waals surface area (Å²) in [5.41, 5.74) is 5.49. The van der Waals surface area contributed by atoms with Crippen molar-refractivity contribution < 1.29 is 40.7 Å². The third-order valence-electron chi connectivity index (χ3n) is 7.43. The van der Waals surface area contributed by atoms with Gasteiger partial charge in [0, 0.05) is 63.7 Å². The monoisotopic (exact) mass is 763 g/mol. The van der Waals surface area contributed by atoms with Gasteiger partial charge in [0.05, 0.1) is 37.4 Å². The van der Waals surface area contributed by atoms with Gasteiger partial charge in [-0.3, -0.25) is 30.7 Å². The fourth-order valence-electron chi connectivity index (χ4n) is 3.66. The topological polar surface area (TPSA) is 131 Å². The highest BCUT2D eigenvalue weighted by molar-refractivity contribution is 6.74. The number of allylic oxidation sites excluding steroid dienone is 1. The van der Waals surface area contributed by atoms with E-state index in [4.69, 9.17) is 9.53 Å². The Bertz CT molecular complexity index is 1470. The van der Waals surface area contributed by atoms with E-state index in [2.05, 4.69) is 54.8 Å². The number of carbonyl (C=O) groups is 1. The lowest BCUT2D eigenvalue weighted by Crippen LogP contribution is -2.40. The van der Waals surface area contributed by atoms with E-state index in [9.17, 15) is 31.1 Å². The smallest absolute Gasteiger partial charge is 0.390 e. The van der Waals surface area contributed by atoms with Crippen LogP contribution in [0.5, 0.6) is 0 Å². The highest BCUT2D eigenvalue weighted by atomic mass is 28.4. The number of halogens is 6. The molecule has 0 spiro atoms. The molecule has 3 aromatic rings. The van der Waals surface area contributed by atoms with Gasteiger partial charge in [0.2, 0.25) is 5.78 Å². The number of nitrogens with zero attached hydrogens (tertiary/aromatic N) is 5. The van der Waals surface area contributed by atoms with Crippen molar-refractivity contribution in [1.29, 1.82) is 0 Å². The lowest BCUT2D eigenvalue weighted by Gasteiger charge is -2.36. The Kier molecular flexibility index (Phi) is 21.5. The first-order chi connectivity index (χ1) is 24.0. The summed E-state index contributed by atoms with van der Waals surface area (Å²) in [5, 5.41) is 11.7. The van der Waals surface area contributed by atoms with Crippen molar-refractivity contribution in [2.75, 3.05) is 27.2 Å². The van der Waals surface area contributed by atoms with Crippen LogP contribution in [0.4, 0.5) is 26.3 Å². The van der Waals surface area contributed by atoms with Gasteiger partial charge in [-0.15, -0.1) is 0 Å². The summed E-state index contributed by atoms with van der Waals surface area (Å²) in [6, 6.07) is 9.18. The van der Waals surface area contributed by atoms with Crippen molar-refractivity contribution in [2.45, 2.75) is 97.5 Å². The highest BCUT2D eigenvalue weighted by Crippen LogP contribution is 2.37. The first-order valence-corrected chi connectivity index (χ1v) is 19.5. The third kappa shape index (κ3) is 19.8. The fraction of sp³-hybridized carbons (Fsp3) is 0.543. The van der Waals surface area contributed by atoms with Gasteiger partial charge in [0.25, 0.3) is 0 Å². The number of nitrogens with two attached hydrogens (primary N) is 1. The molecule has 52 heavy (non-hydrogen) atoms. The third-order valence-corrected chi connectivity index (χ3v) is 11.9. The zero-order valence-corrected chi connectivity index (χ0v) is 32.6. The van der Waals surface area contributed by atoms with E-state index in [-0.39, 0.29) is 30.5 Å². The highest BCUT2D eigenvalue weighted by Gasteiger charge is 2.37. The van der Waals surface area contributed by atoms with Crippen LogP contribution in [0.2, 0.25) is 18.1 Å². The average molecular weight is 764 g/mol. The molecule has 0 unspecified atom stereocenters. The molecule has 0 radical (unpaired) electrons. The normalized spacial score (nSPS) is 11.9. The number of alkyl halides is 6. The van der Waals surface area contributed by atoms with Crippen molar-refractivity contribution in [3.8, 4) is 11.4 Å². The summed E-state index contributed by atoms with van der Waals surface area (Å²) in [7, 11) is 1.81. The van der Waals surface area contributed by atoms with E-state index < -0.39 is 33.5 Å². The van der Waals surface area contributed by atoms with Crippen LogP contribution in [-0.2, 0) is 24.0 Å². The number of rotatable bonds is 12. The number of nitrogens with one attached hydrogen (secondary N) is 1. The first-order valence-electron chi connectivity index (χ1n) is 16.6. The van der Waals surface area contributed by atoms with Crippen molar-refractivity contribution >= 4 is 14.1 Å². The van der Waals surface area contributed by atoms with Crippen LogP contribution < -0.4 is 11.3 Å². The average Bonchev–Trinajstić information content (AvgIpc) is 3.53. The standard InChI is InChI=1S/C18H26F3N3OSi.C12H16N2O.C3H7F3N2.C2H6O/c1-17(2,3)26(4,5)25-13-14-7-6-10-22-16(14)15-8-11-23-24(15)12-9-18(19,20)21;1-4-10-6-5-8-13-12(10)11(15)7-9-14(2)3;4-3(5,6)1-2-8-7;1-2-3/h6-8,10-11H,9,12-13H2,1-5H3;5-9H,4H2,1-3H3;8H,1-2,7H2;3H,2H2,1H3/b;9-7+;;. The molecule has 0 bridgehead atoms. The second-order valence-electron chi connectivity index (χ2n) is 13.0. The SMILES string of the molecule is CC(C)(C)[Si](C)(C)OCc1cccnc1-c1ccnn1CCC(F)(F)F.CCO.CCc1cccnc1C(=O)/C=C/N(C)C.NNCCC(F)(F)F. The molecule has 17 heteroatoms. The quantitative estimate of drug-likeness (QED) is 0.0424. The van der Waals surface area contributed by atoms with Crippen LogP contribution in [0, 0.1) is 0 Å². The van der Waals surface area contributed by atoms with Crippen LogP contribution >= 0.6 is 0 Å². The molecule has 0 aromatic carbocycles. The Morgan fingerprint density at radius 1 is 0.962 bits per heavy atom. The molecule has 0 saturated heterocycles. The maximum absolute atomic E-state index is 12.6.